The summed E-state index contributed by atoms with van der Waals surface area (Å²) < 4.78 is 2.29. The smallest absolute Gasteiger partial charge is 0.163 e. The van der Waals surface area contributed by atoms with Crippen molar-refractivity contribution in [3.05, 3.63) is 38.8 Å². The van der Waals surface area contributed by atoms with Crippen molar-refractivity contribution >= 4 is 39.1 Å². The van der Waals surface area contributed by atoms with Gasteiger partial charge in [0.2, 0.25) is 0 Å². The number of aliphatic hydroxyl groups is 1. The molecule has 0 unspecified atom stereocenters. The molecule has 1 aromatic heterocycles. The van der Waals surface area contributed by atoms with E-state index < -0.39 is 0 Å². The Labute approximate surface area is 110 Å². The highest BCUT2D eigenvalue weighted by Gasteiger charge is 2.12. The van der Waals surface area contributed by atoms with Crippen LogP contribution in [0.1, 0.15) is 5.82 Å². The molecule has 0 aliphatic rings. The minimum absolute atomic E-state index is 0.218. The molecule has 0 radical (unpaired) electrons. The lowest BCUT2D eigenvalue weighted by Crippen LogP contribution is -2.01. The SMILES string of the molecule is OCc1nncn1-c1ccc(Br)c(Cl)c1Cl. The van der Waals surface area contributed by atoms with Crippen molar-refractivity contribution in [3.8, 4) is 5.69 Å². The Hall–Kier alpha value is -0.620. The second kappa shape index (κ2) is 4.71. The van der Waals surface area contributed by atoms with E-state index in [-0.39, 0.29) is 6.61 Å². The number of aliphatic hydroxyl groups excluding tert-OH is 1. The Balaban J connectivity index is 2.61. The predicted molar refractivity (Wildman–Crippen MR) is 65.0 cm³/mol. The second-order valence-corrected chi connectivity index (χ2v) is 4.58. The molecule has 0 spiro atoms. The Morgan fingerprint density at radius 3 is 2.75 bits per heavy atom. The van der Waals surface area contributed by atoms with Gasteiger partial charge in [0.1, 0.15) is 12.9 Å². The minimum Gasteiger partial charge on any atom is -0.388 e. The monoisotopic (exact) mass is 321 g/mol. The van der Waals surface area contributed by atoms with Crippen molar-refractivity contribution in [1.82, 2.24) is 14.8 Å². The fourth-order valence-corrected chi connectivity index (χ4v) is 2.13. The molecule has 1 N–H and O–H groups in total. The van der Waals surface area contributed by atoms with Gasteiger partial charge in [-0.1, -0.05) is 23.2 Å². The average molecular weight is 323 g/mol. The molecule has 0 fully saturated rings. The van der Waals surface area contributed by atoms with Gasteiger partial charge in [-0.25, -0.2) is 0 Å². The lowest BCUT2D eigenvalue weighted by Gasteiger charge is -2.09. The van der Waals surface area contributed by atoms with E-state index in [0.29, 0.717) is 26.0 Å². The summed E-state index contributed by atoms with van der Waals surface area (Å²) in [6, 6.07) is 3.53. The molecular weight excluding hydrogens is 317 g/mol. The molecular formula is C9H6BrCl2N3O. The van der Waals surface area contributed by atoms with Gasteiger partial charge in [0, 0.05) is 4.47 Å². The Morgan fingerprint density at radius 2 is 2.06 bits per heavy atom. The summed E-state index contributed by atoms with van der Waals surface area (Å²) in [7, 11) is 0. The molecule has 2 aromatic rings. The first kappa shape index (κ1) is 11.9. The summed E-state index contributed by atoms with van der Waals surface area (Å²) in [5, 5.41) is 17.3. The number of aromatic nitrogens is 3. The third-order valence-corrected chi connectivity index (χ3v) is 3.80. The summed E-state index contributed by atoms with van der Waals surface area (Å²) in [5.41, 5.74) is 0.629. The zero-order valence-corrected chi connectivity index (χ0v) is 11.0. The summed E-state index contributed by atoms with van der Waals surface area (Å²) in [6.07, 6.45) is 1.47. The van der Waals surface area contributed by atoms with E-state index in [2.05, 4.69) is 26.1 Å². The van der Waals surface area contributed by atoms with E-state index in [1.807, 2.05) is 0 Å². The first-order valence-corrected chi connectivity index (χ1v) is 5.83. The van der Waals surface area contributed by atoms with Crippen LogP contribution in [0.15, 0.2) is 22.9 Å². The van der Waals surface area contributed by atoms with Crippen LogP contribution in [0.4, 0.5) is 0 Å². The number of benzene rings is 1. The molecule has 7 heteroatoms. The van der Waals surface area contributed by atoms with Gasteiger partial charge in [0.25, 0.3) is 0 Å². The Bertz CT molecular complexity index is 529. The lowest BCUT2D eigenvalue weighted by molar-refractivity contribution is 0.269. The quantitative estimate of drug-likeness (QED) is 0.865. The Morgan fingerprint density at radius 1 is 1.31 bits per heavy atom. The number of nitrogens with zero attached hydrogens (tertiary/aromatic N) is 3. The maximum absolute atomic E-state index is 9.07. The third-order valence-electron chi connectivity index (χ3n) is 2.03. The molecule has 2 rings (SSSR count). The fraction of sp³-hybridized carbons (Fsp3) is 0.111. The molecule has 0 bridgehead atoms. The van der Waals surface area contributed by atoms with Crippen molar-refractivity contribution in [2.45, 2.75) is 6.61 Å². The lowest BCUT2D eigenvalue weighted by atomic mass is 10.3. The summed E-state index contributed by atoms with van der Waals surface area (Å²) in [5.74, 6) is 0.403. The van der Waals surface area contributed by atoms with Gasteiger partial charge in [0.15, 0.2) is 5.82 Å². The van der Waals surface area contributed by atoms with E-state index >= 15 is 0 Å². The number of hydrogen-bond donors (Lipinski definition) is 1. The highest BCUT2D eigenvalue weighted by molar-refractivity contribution is 9.10. The van der Waals surface area contributed by atoms with Crippen LogP contribution in [0.25, 0.3) is 5.69 Å². The minimum atomic E-state index is -0.218. The molecule has 0 saturated carbocycles. The topological polar surface area (TPSA) is 50.9 Å². The van der Waals surface area contributed by atoms with Crippen molar-refractivity contribution in [2.75, 3.05) is 0 Å². The van der Waals surface area contributed by atoms with E-state index in [0.717, 1.165) is 0 Å². The third kappa shape index (κ3) is 1.96. The largest absolute Gasteiger partial charge is 0.388 e. The van der Waals surface area contributed by atoms with E-state index in [4.69, 9.17) is 28.3 Å². The maximum atomic E-state index is 9.07. The number of halogens is 3. The van der Waals surface area contributed by atoms with Gasteiger partial charge >= 0.3 is 0 Å². The van der Waals surface area contributed by atoms with Crippen molar-refractivity contribution in [1.29, 1.82) is 0 Å². The molecule has 1 heterocycles. The fourth-order valence-electron chi connectivity index (χ4n) is 1.27. The van der Waals surface area contributed by atoms with Crippen LogP contribution in [-0.2, 0) is 6.61 Å². The van der Waals surface area contributed by atoms with Crippen molar-refractivity contribution in [2.24, 2.45) is 0 Å². The highest BCUT2D eigenvalue weighted by atomic mass is 79.9. The van der Waals surface area contributed by atoms with Gasteiger partial charge in [0.05, 0.1) is 15.7 Å². The molecule has 0 amide bonds. The standard InChI is InChI=1S/C9H6BrCl2N3O/c10-5-1-2-6(9(12)8(5)11)15-4-13-14-7(15)3-16/h1-2,4,16H,3H2. The first-order chi connectivity index (χ1) is 7.65. The predicted octanol–water partition coefficient (Wildman–Crippen LogP) is 2.83. The van der Waals surface area contributed by atoms with Gasteiger partial charge in [-0.2, -0.15) is 0 Å². The van der Waals surface area contributed by atoms with Crippen molar-refractivity contribution < 1.29 is 5.11 Å². The van der Waals surface area contributed by atoms with Crippen LogP contribution in [0, 0.1) is 0 Å². The summed E-state index contributed by atoms with van der Waals surface area (Å²) in [4.78, 5) is 0. The molecule has 0 aliphatic carbocycles. The molecule has 16 heavy (non-hydrogen) atoms. The molecule has 0 aliphatic heterocycles. The summed E-state index contributed by atoms with van der Waals surface area (Å²) in [6.45, 7) is -0.218. The number of hydrogen-bond acceptors (Lipinski definition) is 3. The molecule has 0 atom stereocenters. The van der Waals surface area contributed by atoms with Crippen LogP contribution < -0.4 is 0 Å². The first-order valence-electron chi connectivity index (χ1n) is 4.28. The highest BCUT2D eigenvalue weighted by Crippen LogP contribution is 2.34. The average Bonchev–Trinajstić information content (AvgIpc) is 2.74. The molecule has 4 nitrogen and oxygen atoms in total. The van der Waals surface area contributed by atoms with Gasteiger partial charge in [-0.3, -0.25) is 4.57 Å². The maximum Gasteiger partial charge on any atom is 0.163 e. The van der Waals surface area contributed by atoms with Crippen LogP contribution in [0.2, 0.25) is 10.0 Å². The molecule has 0 saturated heterocycles. The van der Waals surface area contributed by atoms with Crippen molar-refractivity contribution in [3.63, 3.8) is 0 Å². The van der Waals surface area contributed by atoms with Gasteiger partial charge in [-0.05, 0) is 28.1 Å². The van der Waals surface area contributed by atoms with Crippen LogP contribution in [-0.4, -0.2) is 19.9 Å². The number of rotatable bonds is 2. The van der Waals surface area contributed by atoms with E-state index in [1.54, 1.807) is 16.7 Å². The van der Waals surface area contributed by atoms with Crippen LogP contribution >= 0.6 is 39.1 Å². The zero-order chi connectivity index (χ0) is 11.7. The van der Waals surface area contributed by atoms with Crippen LogP contribution in [0.5, 0.6) is 0 Å². The molecule has 1 aromatic carbocycles. The van der Waals surface area contributed by atoms with E-state index in [9.17, 15) is 0 Å². The normalized spacial score (nSPS) is 10.8. The van der Waals surface area contributed by atoms with Gasteiger partial charge < -0.3 is 5.11 Å². The van der Waals surface area contributed by atoms with E-state index in [1.165, 1.54) is 6.33 Å². The van der Waals surface area contributed by atoms with Crippen LogP contribution in [0.3, 0.4) is 0 Å². The second-order valence-electron chi connectivity index (χ2n) is 2.97. The summed E-state index contributed by atoms with van der Waals surface area (Å²) >= 11 is 15.4. The molecule has 84 valence electrons. The zero-order valence-electron chi connectivity index (χ0n) is 7.86. The van der Waals surface area contributed by atoms with Gasteiger partial charge in [-0.15, -0.1) is 10.2 Å². The Kier molecular flexibility index (Phi) is 3.49.